The number of benzene rings is 1. The molecule has 148 valence electrons. The van der Waals surface area contributed by atoms with E-state index in [9.17, 15) is 4.79 Å². The Labute approximate surface area is 168 Å². The number of piperazine rings is 1. The highest BCUT2D eigenvalue weighted by Gasteiger charge is 2.20. The van der Waals surface area contributed by atoms with E-state index in [1.165, 1.54) is 6.20 Å². The molecule has 2 aromatic heterocycles. The van der Waals surface area contributed by atoms with Crippen LogP contribution in [0.15, 0.2) is 55.1 Å². The SMILES string of the molecule is COc1ccc(NC(=O)c2cnc(N3CCN(c4ncccn4)CC3)cn2)cc1. The van der Waals surface area contributed by atoms with Gasteiger partial charge in [0.25, 0.3) is 5.91 Å². The van der Waals surface area contributed by atoms with Gasteiger partial charge in [-0.25, -0.2) is 19.9 Å². The van der Waals surface area contributed by atoms with Crippen molar-refractivity contribution in [3.05, 3.63) is 60.8 Å². The fourth-order valence-electron chi connectivity index (χ4n) is 3.06. The molecule has 1 fully saturated rings. The van der Waals surface area contributed by atoms with Crippen LogP contribution >= 0.6 is 0 Å². The lowest BCUT2D eigenvalue weighted by atomic mass is 10.3. The Kier molecular flexibility index (Phi) is 5.46. The number of methoxy groups -OCH3 is 1. The molecule has 1 saturated heterocycles. The molecule has 0 saturated carbocycles. The van der Waals surface area contributed by atoms with Gasteiger partial charge < -0.3 is 19.9 Å². The molecule has 29 heavy (non-hydrogen) atoms. The Morgan fingerprint density at radius 1 is 0.931 bits per heavy atom. The number of anilines is 3. The molecule has 1 aliphatic rings. The summed E-state index contributed by atoms with van der Waals surface area (Å²) < 4.78 is 5.11. The molecule has 0 atom stereocenters. The summed E-state index contributed by atoms with van der Waals surface area (Å²) in [6, 6.07) is 8.92. The van der Waals surface area contributed by atoms with Gasteiger partial charge in [-0.05, 0) is 30.3 Å². The molecule has 1 aromatic carbocycles. The van der Waals surface area contributed by atoms with E-state index >= 15 is 0 Å². The summed E-state index contributed by atoms with van der Waals surface area (Å²) in [5.74, 6) is 1.91. The van der Waals surface area contributed by atoms with E-state index in [-0.39, 0.29) is 11.6 Å². The van der Waals surface area contributed by atoms with Crippen molar-refractivity contribution in [1.82, 2.24) is 19.9 Å². The minimum absolute atomic E-state index is 0.265. The highest BCUT2D eigenvalue weighted by molar-refractivity contribution is 6.02. The molecule has 0 bridgehead atoms. The highest BCUT2D eigenvalue weighted by atomic mass is 16.5. The number of amides is 1. The molecule has 1 amide bonds. The third-order valence-electron chi connectivity index (χ3n) is 4.66. The molecule has 0 radical (unpaired) electrons. The number of carbonyl (C=O) groups is 1. The van der Waals surface area contributed by atoms with Crippen LogP contribution in [-0.2, 0) is 0 Å². The van der Waals surface area contributed by atoms with Crippen LogP contribution in [0.3, 0.4) is 0 Å². The monoisotopic (exact) mass is 391 g/mol. The van der Waals surface area contributed by atoms with E-state index in [1.807, 2.05) is 6.07 Å². The Bertz CT molecular complexity index is 941. The van der Waals surface area contributed by atoms with Gasteiger partial charge in [0, 0.05) is 44.3 Å². The van der Waals surface area contributed by atoms with Gasteiger partial charge in [-0.15, -0.1) is 0 Å². The number of nitrogens with one attached hydrogen (secondary N) is 1. The largest absolute Gasteiger partial charge is 0.497 e. The van der Waals surface area contributed by atoms with E-state index in [0.717, 1.165) is 43.7 Å². The van der Waals surface area contributed by atoms with E-state index in [2.05, 4.69) is 35.1 Å². The number of hydrogen-bond donors (Lipinski definition) is 1. The van der Waals surface area contributed by atoms with Gasteiger partial charge in [-0.2, -0.15) is 0 Å². The zero-order valence-corrected chi connectivity index (χ0v) is 16.0. The van der Waals surface area contributed by atoms with Crippen molar-refractivity contribution in [3.63, 3.8) is 0 Å². The predicted octanol–water partition coefficient (Wildman–Crippen LogP) is 1.85. The van der Waals surface area contributed by atoms with Crippen molar-refractivity contribution >= 4 is 23.4 Å². The van der Waals surface area contributed by atoms with Crippen LogP contribution < -0.4 is 19.9 Å². The maximum atomic E-state index is 12.4. The number of nitrogens with zero attached hydrogens (tertiary/aromatic N) is 6. The average Bonchev–Trinajstić information content (AvgIpc) is 2.80. The molecule has 9 heteroatoms. The third kappa shape index (κ3) is 4.40. The third-order valence-corrected chi connectivity index (χ3v) is 4.66. The predicted molar refractivity (Wildman–Crippen MR) is 109 cm³/mol. The fraction of sp³-hybridized carbons (Fsp3) is 0.250. The summed E-state index contributed by atoms with van der Waals surface area (Å²) in [5, 5.41) is 2.80. The maximum absolute atomic E-state index is 12.4. The van der Waals surface area contributed by atoms with Crippen LogP contribution in [0.25, 0.3) is 0 Å². The summed E-state index contributed by atoms with van der Waals surface area (Å²) in [4.78, 5) is 33.9. The zero-order valence-electron chi connectivity index (χ0n) is 16.0. The minimum atomic E-state index is -0.305. The number of ether oxygens (including phenoxy) is 1. The van der Waals surface area contributed by atoms with Crippen molar-refractivity contribution in [3.8, 4) is 5.75 Å². The fourth-order valence-corrected chi connectivity index (χ4v) is 3.06. The van der Waals surface area contributed by atoms with Crippen LogP contribution in [0.4, 0.5) is 17.5 Å². The molecule has 0 spiro atoms. The van der Waals surface area contributed by atoms with Crippen molar-refractivity contribution in [2.24, 2.45) is 0 Å². The highest BCUT2D eigenvalue weighted by Crippen LogP contribution is 2.17. The quantitative estimate of drug-likeness (QED) is 0.704. The minimum Gasteiger partial charge on any atom is -0.497 e. The lowest BCUT2D eigenvalue weighted by molar-refractivity contribution is 0.102. The molecular formula is C20H21N7O2. The second-order valence-electron chi connectivity index (χ2n) is 6.47. The summed E-state index contributed by atoms with van der Waals surface area (Å²) >= 11 is 0. The van der Waals surface area contributed by atoms with Crippen LogP contribution in [0.2, 0.25) is 0 Å². The number of aromatic nitrogens is 4. The molecule has 1 aliphatic heterocycles. The van der Waals surface area contributed by atoms with Gasteiger partial charge >= 0.3 is 0 Å². The first-order valence-electron chi connectivity index (χ1n) is 9.27. The first kappa shape index (κ1) is 18.6. The van der Waals surface area contributed by atoms with Crippen LogP contribution in [0.1, 0.15) is 10.5 Å². The van der Waals surface area contributed by atoms with Gasteiger partial charge in [0.2, 0.25) is 5.95 Å². The Hall–Kier alpha value is -3.75. The summed E-state index contributed by atoms with van der Waals surface area (Å²) in [6.45, 7) is 3.16. The first-order chi connectivity index (χ1) is 14.2. The average molecular weight is 391 g/mol. The molecule has 0 aliphatic carbocycles. The van der Waals surface area contributed by atoms with Crippen molar-refractivity contribution in [2.45, 2.75) is 0 Å². The molecule has 4 rings (SSSR count). The first-order valence-corrected chi connectivity index (χ1v) is 9.27. The molecule has 9 nitrogen and oxygen atoms in total. The second kappa shape index (κ2) is 8.51. The van der Waals surface area contributed by atoms with Crippen LogP contribution in [0, 0.1) is 0 Å². The Balaban J connectivity index is 1.34. The summed E-state index contributed by atoms with van der Waals surface area (Å²) in [6.07, 6.45) is 6.63. The van der Waals surface area contributed by atoms with Gasteiger partial charge in [0.1, 0.15) is 17.3 Å². The van der Waals surface area contributed by atoms with Crippen LogP contribution in [0.5, 0.6) is 5.75 Å². The van der Waals surface area contributed by atoms with Crippen molar-refractivity contribution < 1.29 is 9.53 Å². The standard InChI is InChI=1S/C20H21N7O2/c1-29-16-5-3-15(4-6-16)25-19(28)17-13-24-18(14-23-17)26-9-11-27(12-10-26)20-21-7-2-8-22-20/h2-8,13-14H,9-12H2,1H3,(H,25,28). The molecular weight excluding hydrogens is 370 g/mol. The molecule has 3 aromatic rings. The van der Waals surface area contributed by atoms with E-state index in [1.54, 1.807) is 50.0 Å². The zero-order chi connectivity index (χ0) is 20.1. The molecule has 1 N–H and O–H groups in total. The van der Waals surface area contributed by atoms with Crippen molar-refractivity contribution in [1.29, 1.82) is 0 Å². The van der Waals surface area contributed by atoms with E-state index in [4.69, 9.17) is 4.74 Å². The second-order valence-corrected chi connectivity index (χ2v) is 6.47. The number of carbonyl (C=O) groups excluding carboxylic acids is 1. The topological polar surface area (TPSA) is 96.4 Å². The number of rotatable bonds is 5. The summed E-state index contributed by atoms with van der Waals surface area (Å²) in [5.41, 5.74) is 0.932. The van der Waals surface area contributed by atoms with Gasteiger partial charge in [0.05, 0.1) is 19.5 Å². The smallest absolute Gasteiger partial charge is 0.275 e. The number of hydrogen-bond acceptors (Lipinski definition) is 8. The van der Waals surface area contributed by atoms with Crippen molar-refractivity contribution in [2.75, 3.05) is 48.4 Å². The van der Waals surface area contributed by atoms with Crippen LogP contribution in [-0.4, -0.2) is 59.1 Å². The lowest BCUT2D eigenvalue weighted by Crippen LogP contribution is -2.47. The molecule has 3 heterocycles. The normalized spacial score (nSPS) is 13.8. The van der Waals surface area contributed by atoms with Gasteiger partial charge in [0.15, 0.2) is 0 Å². The maximum Gasteiger partial charge on any atom is 0.275 e. The van der Waals surface area contributed by atoms with Gasteiger partial charge in [-0.1, -0.05) is 0 Å². The van der Waals surface area contributed by atoms with Gasteiger partial charge in [-0.3, -0.25) is 4.79 Å². The Morgan fingerprint density at radius 2 is 1.62 bits per heavy atom. The lowest BCUT2D eigenvalue weighted by Gasteiger charge is -2.35. The molecule has 0 unspecified atom stereocenters. The van der Waals surface area contributed by atoms with E-state index in [0.29, 0.717) is 5.69 Å². The van der Waals surface area contributed by atoms with E-state index < -0.39 is 0 Å². The summed E-state index contributed by atoms with van der Waals surface area (Å²) in [7, 11) is 1.60. The Morgan fingerprint density at radius 3 is 2.24 bits per heavy atom.